The molecule has 2 aromatic carbocycles. The predicted octanol–water partition coefficient (Wildman–Crippen LogP) is 3.83. The van der Waals surface area contributed by atoms with Gasteiger partial charge in [-0.15, -0.1) is 0 Å². The van der Waals surface area contributed by atoms with E-state index >= 15 is 0 Å². The van der Waals surface area contributed by atoms with Crippen LogP contribution in [0.1, 0.15) is 46.9 Å². The van der Waals surface area contributed by atoms with Gasteiger partial charge in [0.25, 0.3) is 11.8 Å². The summed E-state index contributed by atoms with van der Waals surface area (Å²) >= 11 is 0. The third-order valence-electron chi connectivity index (χ3n) is 4.99. The number of hydrogen-bond donors (Lipinski definition) is 2. The van der Waals surface area contributed by atoms with Crippen LogP contribution in [0.5, 0.6) is 0 Å². The fourth-order valence-corrected chi connectivity index (χ4v) is 3.48. The van der Waals surface area contributed by atoms with Crippen LogP contribution in [0.4, 0.5) is 15.8 Å². The molecular weight excluding hydrogens is 385 g/mol. The summed E-state index contributed by atoms with van der Waals surface area (Å²) in [7, 11) is 0. The fourth-order valence-electron chi connectivity index (χ4n) is 3.48. The van der Waals surface area contributed by atoms with Crippen molar-refractivity contribution in [3.05, 3.63) is 59.4 Å². The van der Waals surface area contributed by atoms with Crippen LogP contribution in [-0.4, -0.2) is 44.7 Å². The molecule has 2 N–H and O–H groups in total. The van der Waals surface area contributed by atoms with Gasteiger partial charge in [-0.3, -0.25) is 9.59 Å². The van der Waals surface area contributed by atoms with Gasteiger partial charge in [-0.25, -0.2) is 4.39 Å². The molecule has 2 amide bonds. The second-order valence-corrected chi connectivity index (χ2v) is 7.20. The average Bonchev–Trinajstić information content (AvgIpc) is 3.28. The highest BCUT2D eigenvalue weighted by Crippen LogP contribution is 2.28. The van der Waals surface area contributed by atoms with Gasteiger partial charge in [-0.1, -0.05) is 6.07 Å². The molecule has 0 unspecified atom stereocenters. The molecule has 2 aromatic rings. The van der Waals surface area contributed by atoms with Crippen molar-refractivity contribution >= 4 is 23.2 Å². The van der Waals surface area contributed by atoms with Crippen molar-refractivity contribution in [2.24, 2.45) is 0 Å². The summed E-state index contributed by atoms with van der Waals surface area (Å²) in [6, 6.07) is 10.8. The van der Waals surface area contributed by atoms with Gasteiger partial charge in [0.15, 0.2) is 0 Å². The van der Waals surface area contributed by atoms with Crippen LogP contribution >= 0.6 is 0 Å². The van der Waals surface area contributed by atoms with E-state index in [1.165, 1.54) is 18.2 Å². The first kappa shape index (κ1) is 21.8. The number of nitrogens with zero attached hydrogens (tertiary/aromatic N) is 1. The molecule has 0 bridgehead atoms. The maximum Gasteiger partial charge on any atom is 0.255 e. The molecule has 1 aliphatic heterocycles. The Morgan fingerprint density at radius 2 is 1.90 bits per heavy atom. The van der Waals surface area contributed by atoms with E-state index in [0.717, 1.165) is 38.0 Å². The number of anilines is 2. The van der Waals surface area contributed by atoms with Gasteiger partial charge in [0.2, 0.25) is 0 Å². The third-order valence-corrected chi connectivity index (χ3v) is 4.99. The van der Waals surface area contributed by atoms with Crippen molar-refractivity contribution in [2.45, 2.75) is 26.2 Å². The van der Waals surface area contributed by atoms with Gasteiger partial charge in [0.1, 0.15) is 5.82 Å². The molecule has 7 heteroatoms. The number of nitrogens with one attached hydrogen (secondary N) is 2. The highest BCUT2D eigenvalue weighted by atomic mass is 19.1. The summed E-state index contributed by atoms with van der Waals surface area (Å²) in [5, 5.41) is 5.69. The van der Waals surface area contributed by atoms with E-state index in [-0.39, 0.29) is 11.5 Å². The fraction of sp³-hybridized carbons (Fsp3) is 0.391. The van der Waals surface area contributed by atoms with E-state index in [2.05, 4.69) is 15.5 Å². The lowest BCUT2D eigenvalue weighted by atomic mass is 10.1. The van der Waals surface area contributed by atoms with Crippen molar-refractivity contribution in [1.29, 1.82) is 0 Å². The maximum absolute atomic E-state index is 13.4. The number of hydrogen-bond acceptors (Lipinski definition) is 4. The molecule has 0 spiro atoms. The zero-order valence-electron chi connectivity index (χ0n) is 17.2. The van der Waals surface area contributed by atoms with E-state index in [1.807, 2.05) is 13.0 Å². The van der Waals surface area contributed by atoms with Crippen LogP contribution in [0, 0.1) is 5.82 Å². The van der Waals surface area contributed by atoms with E-state index in [1.54, 1.807) is 18.2 Å². The number of carbonyl (C=O) groups excluding carboxylic acids is 2. The van der Waals surface area contributed by atoms with Gasteiger partial charge in [-0.2, -0.15) is 0 Å². The Hall–Kier alpha value is -2.93. The largest absolute Gasteiger partial charge is 0.382 e. The summed E-state index contributed by atoms with van der Waals surface area (Å²) in [4.78, 5) is 27.5. The van der Waals surface area contributed by atoms with Crippen LogP contribution < -0.4 is 15.5 Å². The molecule has 0 atom stereocenters. The highest BCUT2D eigenvalue weighted by Gasteiger charge is 2.20. The van der Waals surface area contributed by atoms with Crippen LogP contribution in [0.15, 0.2) is 42.5 Å². The number of halogens is 1. The van der Waals surface area contributed by atoms with Crippen molar-refractivity contribution in [3.8, 4) is 0 Å². The molecule has 0 aromatic heterocycles. The van der Waals surface area contributed by atoms with Crippen molar-refractivity contribution in [3.63, 3.8) is 0 Å². The van der Waals surface area contributed by atoms with E-state index < -0.39 is 11.7 Å². The summed E-state index contributed by atoms with van der Waals surface area (Å²) in [5.74, 6) is -1.08. The van der Waals surface area contributed by atoms with E-state index in [4.69, 9.17) is 4.74 Å². The lowest BCUT2D eigenvalue weighted by Gasteiger charge is -2.22. The second kappa shape index (κ2) is 10.7. The molecule has 6 nitrogen and oxygen atoms in total. The number of carbonyl (C=O) groups is 2. The van der Waals surface area contributed by atoms with E-state index in [9.17, 15) is 14.0 Å². The Kier molecular flexibility index (Phi) is 7.79. The van der Waals surface area contributed by atoms with Crippen LogP contribution in [-0.2, 0) is 4.74 Å². The van der Waals surface area contributed by atoms with Gasteiger partial charge >= 0.3 is 0 Å². The highest BCUT2D eigenvalue weighted by molar-refractivity contribution is 6.06. The second-order valence-electron chi connectivity index (χ2n) is 7.20. The normalized spacial score (nSPS) is 13.3. The van der Waals surface area contributed by atoms with Gasteiger partial charge in [0, 0.05) is 49.8 Å². The van der Waals surface area contributed by atoms with E-state index in [0.29, 0.717) is 31.0 Å². The first-order valence-electron chi connectivity index (χ1n) is 10.4. The first-order chi connectivity index (χ1) is 14.6. The van der Waals surface area contributed by atoms with Crippen LogP contribution in [0.2, 0.25) is 0 Å². The molecule has 160 valence electrons. The predicted molar refractivity (Wildman–Crippen MR) is 116 cm³/mol. The number of rotatable bonds is 9. The molecule has 3 rings (SSSR count). The third kappa shape index (κ3) is 5.79. The number of amides is 2. The van der Waals surface area contributed by atoms with Crippen molar-refractivity contribution in [2.75, 3.05) is 43.1 Å². The van der Waals surface area contributed by atoms with Crippen LogP contribution in [0.25, 0.3) is 0 Å². The quantitative estimate of drug-likeness (QED) is 0.613. The Labute approximate surface area is 176 Å². The minimum Gasteiger partial charge on any atom is -0.382 e. The Morgan fingerprint density at radius 1 is 1.10 bits per heavy atom. The molecule has 1 fully saturated rings. The molecule has 0 aliphatic carbocycles. The molecule has 0 saturated carbocycles. The topological polar surface area (TPSA) is 70.7 Å². The monoisotopic (exact) mass is 413 g/mol. The SMILES string of the molecule is CCOCCCNC(=O)c1cc(NC(=O)c2cccc(F)c2)ccc1N1CCCC1. The molecule has 0 radical (unpaired) electrons. The Bertz CT molecular complexity index is 882. The van der Waals surface area contributed by atoms with Crippen LogP contribution in [0.3, 0.4) is 0 Å². The Balaban J connectivity index is 1.75. The summed E-state index contributed by atoms with van der Waals surface area (Å²) in [6.45, 7) is 5.50. The first-order valence-corrected chi connectivity index (χ1v) is 10.4. The smallest absolute Gasteiger partial charge is 0.255 e. The lowest BCUT2D eigenvalue weighted by Crippen LogP contribution is -2.29. The minimum absolute atomic E-state index is 0.185. The molecule has 1 aliphatic rings. The summed E-state index contributed by atoms with van der Waals surface area (Å²) in [5.41, 5.74) is 2.09. The Morgan fingerprint density at radius 3 is 2.63 bits per heavy atom. The average molecular weight is 413 g/mol. The molecule has 1 heterocycles. The zero-order valence-corrected chi connectivity index (χ0v) is 17.2. The van der Waals surface area contributed by atoms with Crippen molar-refractivity contribution < 1.29 is 18.7 Å². The van der Waals surface area contributed by atoms with Crippen molar-refractivity contribution in [1.82, 2.24) is 5.32 Å². The maximum atomic E-state index is 13.4. The summed E-state index contributed by atoms with van der Waals surface area (Å²) in [6.07, 6.45) is 2.91. The molecule has 30 heavy (non-hydrogen) atoms. The molecule has 1 saturated heterocycles. The van der Waals surface area contributed by atoms with Gasteiger partial charge in [0.05, 0.1) is 5.56 Å². The zero-order chi connectivity index (χ0) is 21.3. The summed E-state index contributed by atoms with van der Waals surface area (Å²) < 4.78 is 18.7. The number of benzene rings is 2. The number of ether oxygens (including phenoxy) is 1. The lowest BCUT2D eigenvalue weighted by molar-refractivity contribution is 0.0943. The standard InChI is InChI=1S/C23H28FN3O3/c1-2-30-14-6-11-25-23(29)20-16-19(9-10-21(20)27-12-3-4-13-27)26-22(28)17-7-5-8-18(24)15-17/h5,7-10,15-16H,2-4,6,11-14H2,1H3,(H,25,29)(H,26,28). The van der Waals surface area contributed by atoms with Gasteiger partial charge < -0.3 is 20.3 Å². The molecular formula is C23H28FN3O3. The van der Waals surface area contributed by atoms with Gasteiger partial charge in [-0.05, 0) is 62.6 Å². The minimum atomic E-state index is -0.473.